The van der Waals surface area contributed by atoms with Crippen molar-refractivity contribution in [3.8, 4) is 11.1 Å². The first kappa shape index (κ1) is 27.7. The lowest BCUT2D eigenvalue weighted by Gasteiger charge is -2.27. The van der Waals surface area contributed by atoms with Gasteiger partial charge in [0.15, 0.2) is 0 Å². The van der Waals surface area contributed by atoms with Crippen molar-refractivity contribution in [2.45, 2.75) is 0 Å². The summed E-state index contributed by atoms with van der Waals surface area (Å²) >= 11 is 0. The molecule has 0 aliphatic rings. The maximum Gasteiger partial charge on any atom is 0.241 e. The summed E-state index contributed by atoms with van der Waals surface area (Å²) in [5.74, 6) is 0. The van der Waals surface area contributed by atoms with E-state index in [4.69, 9.17) is 0 Å². The van der Waals surface area contributed by atoms with Crippen LogP contribution in [0.4, 0.5) is 17.1 Å². The molecule has 0 bridgehead atoms. The van der Waals surface area contributed by atoms with Crippen LogP contribution in [-0.4, -0.2) is 6.71 Å². The summed E-state index contributed by atoms with van der Waals surface area (Å²) in [4.78, 5) is 2.35. The van der Waals surface area contributed by atoms with Crippen molar-refractivity contribution in [2.75, 3.05) is 4.90 Å². The third-order valence-electron chi connectivity index (χ3n) is 8.99. The van der Waals surface area contributed by atoms with E-state index in [1.165, 1.54) is 54.7 Å². The van der Waals surface area contributed by atoms with Crippen molar-refractivity contribution in [1.29, 1.82) is 0 Å². The van der Waals surface area contributed by atoms with Crippen LogP contribution in [0.25, 0.3) is 32.7 Å². The Morgan fingerprint density at radius 3 is 1.50 bits per heavy atom. The average molecular weight is 586 g/mol. The maximum atomic E-state index is 2.35. The predicted molar refractivity (Wildman–Crippen MR) is 199 cm³/mol. The predicted octanol–water partition coefficient (Wildman–Crippen LogP) is 9.65. The molecule has 216 valence electrons. The topological polar surface area (TPSA) is 3.24 Å². The van der Waals surface area contributed by atoms with Crippen LogP contribution in [0.2, 0.25) is 0 Å². The molecule has 0 saturated heterocycles. The van der Waals surface area contributed by atoms with Gasteiger partial charge in [-0.3, -0.25) is 0 Å². The highest BCUT2D eigenvalue weighted by Gasteiger charge is 2.23. The zero-order valence-electron chi connectivity index (χ0n) is 25.5. The van der Waals surface area contributed by atoms with E-state index in [9.17, 15) is 0 Å². The summed E-state index contributed by atoms with van der Waals surface area (Å²) in [6, 6.07) is 70.1. The largest absolute Gasteiger partial charge is 0.310 e. The molecule has 0 radical (unpaired) electrons. The second-order valence-electron chi connectivity index (χ2n) is 11.8. The zero-order valence-corrected chi connectivity index (χ0v) is 25.5. The standard InChI is InChI=1S/C44H32BN/c1-3-17-37(18-4-1)45(43-23-11-15-35-13-7-9-21-41(35)43)38-29-25-33(26-30-38)34-27-31-40(32-28-34)46(39-19-5-2-6-20-39)44-24-12-16-36-14-8-10-22-42(36)44/h1-32H. The van der Waals surface area contributed by atoms with Crippen molar-refractivity contribution < 1.29 is 0 Å². The van der Waals surface area contributed by atoms with Gasteiger partial charge in [0.1, 0.15) is 0 Å². The molecule has 0 aromatic heterocycles. The number of anilines is 3. The van der Waals surface area contributed by atoms with Crippen LogP contribution in [0, 0.1) is 0 Å². The number of para-hydroxylation sites is 1. The summed E-state index contributed by atoms with van der Waals surface area (Å²) in [6.45, 7) is 0.142. The minimum Gasteiger partial charge on any atom is -0.310 e. The quantitative estimate of drug-likeness (QED) is 0.168. The highest BCUT2D eigenvalue weighted by Crippen LogP contribution is 2.39. The molecule has 0 N–H and O–H groups in total. The summed E-state index contributed by atoms with van der Waals surface area (Å²) in [5.41, 5.74) is 9.75. The van der Waals surface area contributed by atoms with Crippen LogP contribution < -0.4 is 21.3 Å². The number of nitrogens with zero attached hydrogens (tertiary/aromatic N) is 1. The van der Waals surface area contributed by atoms with Gasteiger partial charge in [-0.05, 0) is 57.6 Å². The van der Waals surface area contributed by atoms with Gasteiger partial charge in [-0.2, -0.15) is 0 Å². The van der Waals surface area contributed by atoms with Crippen molar-refractivity contribution in [1.82, 2.24) is 0 Å². The fraction of sp³-hybridized carbons (Fsp3) is 0. The van der Waals surface area contributed by atoms with Crippen molar-refractivity contribution in [3.63, 3.8) is 0 Å². The maximum absolute atomic E-state index is 2.35. The molecule has 0 amide bonds. The van der Waals surface area contributed by atoms with E-state index in [0.717, 1.165) is 11.4 Å². The molecule has 0 heterocycles. The second-order valence-corrected chi connectivity index (χ2v) is 11.8. The molecular formula is C44H32BN. The van der Waals surface area contributed by atoms with Crippen LogP contribution in [0.3, 0.4) is 0 Å². The van der Waals surface area contributed by atoms with Crippen LogP contribution in [0.5, 0.6) is 0 Å². The van der Waals surface area contributed by atoms with E-state index >= 15 is 0 Å². The monoisotopic (exact) mass is 585 g/mol. The summed E-state index contributed by atoms with van der Waals surface area (Å²) in [5, 5.41) is 5.03. The lowest BCUT2D eigenvalue weighted by Crippen LogP contribution is -2.52. The lowest BCUT2D eigenvalue weighted by molar-refractivity contribution is 1.30. The van der Waals surface area contributed by atoms with Crippen molar-refractivity contribution >= 4 is 61.7 Å². The van der Waals surface area contributed by atoms with Gasteiger partial charge in [0.05, 0.1) is 5.69 Å². The van der Waals surface area contributed by atoms with Gasteiger partial charge in [0.25, 0.3) is 0 Å². The first-order valence-corrected chi connectivity index (χ1v) is 15.9. The van der Waals surface area contributed by atoms with Crippen LogP contribution >= 0.6 is 0 Å². The van der Waals surface area contributed by atoms with Gasteiger partial charge in [0.2, 0.25) is 6.71 Å². The zero-order chi connectivity index (χ0) is 30.7. The summed E-state index contributed by atoms with van der Waals surface area (Å²) in [6.07, 6.45) is 0. The molecule has 0 saturated carbocycles. The first-order valence-electron chi connectivity index (χ1n) is 15.9. The smallest absolute Gasteiger partial charge is 0.241 e. The number of hydrogen-bond donors (Lipinski definition) is 0. The number of benzene rings is 8. The molecule has 2 heteroatoms. The van der Waals surface area contributed by atoms with Gasteiger partial charge < -0.3 is 4.90 Å². The van der Waals surface area contributed by atoms with E-state index in [-0.39, 0.29) is 6.71 Å². The molecule has 46 heavy (non-hydrogen) atoms. The molecule has 0 aliphatic carbocycles. The molecule has 8 rings (SSSR count). The minimum atomic E-state index is 0.142. The van der Waals surface area contributed by atoms with E-state index in [1.54, 1.807) is 0 Å². The van der Waals surface area contributed by atoms with E-state index in [2.05, 4.69) is 199 Å². The molecule has 0 unspecified atom stereocenters. The Kier molecular flexibility index (Phi) is 7.38. The highest BCUT2D eigenvalue weighted by atomic mass is 15.1. The first-order chi connectivity index (χ1) is 22.8. The Balaban J connectivity index is 1.16. The molecule has 0 spiro atoms. The van der Waals surface area contributed by atoms with Crippen LogP contribution in [0.1, 0.15) is 0 Å². The average Bonchev–Trinajstić information content (AvgIpc) is 3.14. The van der Waals surface area contributed by atoms with E-state index < -0.39 is 0 Å². The third-order valence-corrected chi connectivity index (χ3v) is 8.99. The molecule has 1 nitrogen and oxygen atoms in total. The fourth-order valence-corrected chi connectivity index (χ4v) is 6.78. The van der Waals surface area contributed by atoms with Gasteiger partial charge >= 0.3 is 0 Å². The molecule has 0 atom stereocenters. The molecular weight excluding hydrogens is 553 g/mol. The van der Waals surface area contributed by atoms with Gasteiger partial charge in [-0.15, -0.1) is 0 Å². The number of rotatable bonds is 7. The number of fused-ring (bicyclic) bond motifs is 2. The highest BCUT2D eigenvalue weighted by molar-refractivity contribution is 6.96. The number of hydrogen-bond acceptors (Lipinski definition) is 1. The van der Waals surface area contributed by atoms with Gasteiger partial charge in [0, 0.05) is 16.8 Å². The van der Waals surface area contributed by atoms with Crippen LogP contribution in [0.15, 0.2) is 194 Å². The minimum absolute atomic E-state index is 0.142. The summed E-state index contributed by atoms with van der Waals surface area (Å²) < 4.78 is 0. The summed E-state index contributed by atoms with van der Waals surface area (Å²) in [7, 11) is 0. The molecule has 0 fully saturated rings. The van der Waals surface area contributed by atoms with Crippen molar-refractivity contribution in [2.24, 2.45) is 0 Å². The van der Waals surface area contributed by atoms with Crippen molar-refractivity contribution in [3.05, 3.63) is 194 Å². The molecule has 0 aliphatic heterocycles. The lowest BCUT2D eigenvalue weighted by atomic mass is 9.36. The Labute approximate surface area is 271 Å². The SMILES string of the molecule is c1ccc(B(c2ccc(-c3ccc(N(c4ccccc4)c4cccc5ccccc45)cc3)cc2)c2cccc3ccccc23)cc1. The van der Waals surface area contributed by atoms with E-state index in [0.29, 0.717) is 0 Å². The normalized spacial score (nSPS) is 11.0. The van der Waals surface area contributed by atoms with E-state index in [1.807, 2.05) is 0 Å². The second kappa shape index (κ2) is 12.3. The fourth-order valence-electron chi connectivity index (χ4n) is 6.78. The van der Waals surface area contributed by atoms with Crippen LogP contribution in [-0.2, 0) is 0 Å². The third kappa shape index (κ3) is 5.25. The Hall–Kier alpha value is -5.86. The molecule has 8 aromatic rings. The Bertz CT molecular complexity index is 2070. The molecule has 8 aromatic carbocycles. The van der Waals surface area contributed by atoms with Gasteiger partial charge in [-0.25, -0.2) is 0 Å². The van der Waals surface area contributed by atoms with Gasteiger partial charge in [-0.1, -0.05) is 180 Å². The Morgan fingerprint density at radius 2 is 0.804 bits per heavy atom. The Morgan fingerprint density at radius 1 is 0.326 bits per heavy atom.